The number of nitrogens with zero attached hydrogens (tertiary/aromatic N) is 1. The van der Waals surface area contributed by atoms with Crippen LogP contribution in [0.2, 0.25) is 0 Å². The van der Waals surface area contributed by atoms with Crippen LogP contribution in [0.25, 0.3) is 0 Å². The maximum atomic E-state index is 12.4. The van der Waals surface area contributed by atoms with E-state index in [0.29, 0.717) is 6.61 Å². The zero-order chi connectivity index (χ0) is 14.8. The van der Waals surface area contributed by atoms with Crippen LogP contribution in [0.4, 0.5) is 0 Å². The van der Waals surface area contributed by atoms with Gasteiger partial charge >= 0.3 is 0 Å². The van der Waals surface area contributed by atoms with E-state index >= 15 is 0 Å². The molecular formula is C16H20N2O3. The molecule has 2 aliphatic rings. The number of nitrogens with one attached hydrogen (secondary N) is 1. The van der Waals surface area contributed by atoms with Crippen molar-refractivity contribution < 1.29 is 14.3 Å². The number of carbonyl (C=O) groups is 2. The Bertz CT molecular complexity index is 532. The van der Waals surface area contributed by atoms with E-state index in [0.717, 1.165) is 18.4 Å². The average molecular weight is 288 g/mol. The number of rotatable bonds is 2. The molecule has 3 unspecified atom stereocenters. The van der Waals surface area contributed by atoms with Crippen LogP contribution in [0.1, 0.15) is 31.4 Å². The first kappa shape index (κ1) is 14.1. The van der Waals surface area contributed by atoms with Crippen LogP contribution < -0.4 is 5.32 Å². The van der Waals surface area contributed by atoms with Crippen LogP contribution in [0, 0.1) is 0 Å². The Kier molecular flexibility index (Phi) is 3.92. The molecule has 1 aromatic rings. The summed E-state index contributed by atoms with van der Waals surface area (Å²) in [5.41, 5.74) is 0.863. The molecule has 3 rings (SSSR count). The molecule has 5 heteroatoms. The SMILES string of the molecule is CC1CC(N2C(=O)CNC(=O)C2c2ccccc2)CCO1. The minimum absolute atomic E-state index is 0.0115. The first-order valence-electron chi connectivity index (χ1n) is 7.42. The second-order valence-corrected chi connectivity index (χ2v) is 5.69. The van der Waals surface area contributed by atoms with E-state index in [-0.39, 0.29) is 30.5 Å². The Morgan fingerprint density at radius 3 is 2.71 bits per heavy atom. The highest BCUT2D eigenvalue weighted by Crippen LogP contribution is 2.30. The standard InChI is InChI=1S/C16H20N2O3/c1-11-9-13(7-8-21-11)18-14(19)10-17-16(20)15(18)12-5-3-2-4-6-12/h2-6,11,13,15H,7-10H2,1H3,(H,17,20). The summed E-state index contributed by atoms with van der Waals surface area (Å²) in [6.45, 7) is 2.74. The van der Waals surface area contributed by atoms with Gasteiger partial charge < -0.3 is 15.0 Å². The van der Waals surface area contributed by atoms with Gasteiger partial charge in [0.15, 0.2) is 0 Å². The zero-order valence-electron chi connectivity index (χ0n) is 12.1. The molecule has 0 bridgehead atoms. The fourth-order valence-electron chi connectivity index (χ4n) is 3.21. The van der Waals surface area contributed by atoms with Crippen molar-refractivity contribution in [2.24, 2.45) is 0 Å². The third-order valence-electron chi connectivity index (χ3n) is 4.19. The predicted octanol–water partition coefficient (Wildman–Crippen LogP) is 1.25. The van der Waals surface area contributed by atoms with Gasteiger partial charge in [-0.3, -0.25) is 9.59 Å². The Labute approximate surface area is 124 Å². The van der Waals surface area contributed by atoms with Gasteiger partial charge in [0.1, 0.15) is 6.04 Å². The summed E-state index contributed by atoms with van der Waals surface area (Å²) in [5, 5.41) is 2.70. The summed E-state index contributed by atoms with van der Waals surface area (Å²) in [5.74, 6) is -0.109. The molecule has 2 amide bonds. The minimum atomic E-state index is -0.525. The molecular weight excluding hydrogens is 268 g/mol. The molecule has 0 radical (unpaired) electrons. The molecule has 0 saturated carbocycles. The number of hydrogen-bond donors (Lipinski definition) is 1. The molecule has 2 fully saturated rings. The highest BCUT2D eigenvalue weighted by Gasteiger charge is 2.40. The molecule has 1 aromatic carbocycles. The predicted molar refractivity (Wildman–Crippen MR) is 77.5 cm³/mol. The average Bonchev–Trinajstić information content (AvgIpc) is 2.50. The number of amides is 2. The fourth-order valence-corrected chi connectivity index (χ4v) is 3.21. The number of ether oxygens (including phenoxy) is 1. The highest BCUT2D eigenvalue weighted by molar-refractivity contribution is 5.95. The van der Waals surface area contributed by atoms with Crippen molar-refractivity contribution in [3.05, 3.63) is 35.9 Å². The summed E-state index contributed by atoms with van der Waals surface area (Å²) in [6.07, 6.45) is 1.69. The molecule has 0 aliphatic carbocycles. The van der Waals surface area contributed by atoms with Crippen LogP contribution in [-0.2, 0) is 14.3 Å². The van der Waals surface area contributed by atoms with Crippen LogP contribution in [0.5, 0.6) is 0 Å². The normalized spacial score (nSPS) is 30.1. The van der Waals surface area contributed by atoms with Crippen LogP contribution in [0.3, 0.4) is 0 Å². The molecule has 1 N–H and O–H groups in total. The molecule has 21 heavy (non-hydrogen) atoms. The lowest BCUT2D eigenvalue weighted by molar-refractivity contribution is -0.152. The summed E-state index contributed by atoms with van der Waals surface area (Å²) in [6, 6.07) is 9.04. The van der Waals surface area contributed by atoms with Gasteiger partial charge in [0.25, 0.3) is 0 Å². The second kappa shape index (κ2) is 5.85. The van der Waals surface area contributed by atoms with E-state index in [1.165, 1.54) is 0 Å². The van der Waals surface area contributed by atoms with Gasteiger partial charge in [-0.1, -0.05) is 30.3 Å². The van der Waals surface area contributed by atoms with Gasteiger partial charge in [-0.05, 0) is 25.3 Å². The van der Waals surface area contributed by atoms with E-state index in [4.69, 9.17) is 4.74 Å². The molecule has 5 nitrogen and oxygen atoms in total. The molecule has 2 saturated heterocycles. The van der Waals surface area contributed by atoms with Crippen molar-refractivity contribution in [3.8, 4) is 0 Å². The number of hydrogen-bond acceptors (Lipinski definition) is 3. The summed E-state index contributed by atoms with van der Waals surface area (Å²) >= 11 is 0. The van der Waals surface area contributed by atoms with Crippen molar-refractivity contribution in [2.75, 3.05) is 13.2 Å². The quantitative estimate of drug-likeness (QED) is 0.891. The second-order valence-electron chi connectivity index (χ2n) is 5.69. The van der Waals surface area contributed by atoms with Gasteiger partial charge in [-0.15, -0.1) is 0 Å². The molecule has 0 aromatic heterocycles. The fraction of sp³-hybridized carbons (Fsp3) is 0.500. The van der Waals surface area contributed by atoms with E-state index in [9.17, 15) is 9.59 Å². The maximum Gasteiger partial charge on any atom is 0.247 e. The Morgan fingerprint density at radius 2 is 2.00 bits per heavy atom. The van der Waals surface area contributed by atoms with Gasteiger partial charge in [0.05, 0.1) is 12.6 Å². The third-order valence-corrected chi connectivity index (χ3v) is 4.19. The van der Waals surface area contributed by atoms with E-state index < -0.39 is 6.04 Å². The minimum Gasteiger partial charge on any atom is -0.378 e. The molecule has 2 aliphatic heterocycles. The van der Waals surface area contributed by atoms with Gasteiger partial charge in [-0.25, -0.2) is 0 Å². The zero-order valence-corrected chi connectivity index (χ0v) is 12.1. The summed E-state index contributed by atoms with van der Waals surface area (Å²) in [4.78, 5) is 26.5. The molecule has 112 valence electrons. The van der Waals surface area contributed by atoms with Gasteiger partial charge in [0.2, 0.25) is 11.8 Å². The number of carbonyl (C=O) groups excluding carboxylic acids is 2. The lowest BCUT2D eigenvalue weighted by Crippen LogP contribution is -2.58. The molecule has 3 atom stereocenters. The Morgan fingerprint density at radius 1 is 1.24 bits per heavy atom. The van der Waals surface area contributed by atoms with E-state index in [2.05, 4.69) is 5.32 Å². The van der Waals surface area contributed by atoms with Gasteiger partial charge in [0, 0.05) is 12.6 Å². The number of piperazine rings is 1. The molecule has 0 spiro atoms. The van der Waals surface area contributed by atoms with Crippen molar-refractivity contribution >= 4 is 11.8 Å². The highest BCUT2D eigenvalue weighted by atomic mass is 16.5. The molecule has 2 heterocycles. The van der Waals surface area contributed by atoms with Crippen molar-refractivity contribution in [1.29, 1.82) is 0 Å². The lowest BCUT2D eigenvalue weighted by atomic mass is 9.95. The largest absolute Gasteiger partial charge is 0.378 e. The van der Waals surface area contributed by atoms with E-state index in [1.54, 1.807) is 4.90 Å². The summed E-state index contributed by atoms with van der Waals surface area (Å²) < 4.78 is 5.56. The van der Waals surface area contributed by atoms with Crippen LogP contribution in [0.15, 0.2) is 30.3 Å². The van der Waals surface area contributed by atoms with Crippen molar-refractivity contribution in [2.45, 2.75) is 38.0 Å². The Balaban J connectivity index is 1.92. The first-order valence-corrected chi connectivity index (χ1v) is 7.42. The first-order chi connectivity index (χ1) is 10.2. The lowest BCUT2D eigenvalue weighted by Gasteiger charge is -2.43. The van der Waals surface area contributed by atoms with Crippen LogP contribution in [-0.4, -0.2) is 42.0 Å². The third kappa shape index (κ3) is 2.78. The van der Waals surface area contributed by atoms with Crippen LogP contribution >= 0.6 is 0 Å². The van der Waals surface area contributed by atoms with Gasteiger partial charge in [-0.2, -0.15) is 0 Å². The maximum absolute atomic E-state index is 12.4. The van der Waals surface area contributed by atoms with E-state index in [1.807, 2.05) is 37.3 Å². The topological polar surface area (TPSA) is 58.6 Å². The smallest absolute Gasteiger partial charge is 0.247 e. The van der Waals surface area contributed by atoms with Crippen molar-refractivity contribution in [1.82, 2.24) is 10.2 Å². The number of benzene rings is 1. The van der Waals surface area contributed by atoms with Crippen molar-refractivity contribution in [3.63, 3.8) is 0 Å². The monoisotopic (exact) mass is 288 g/mol. The summed E-state index contributed by atoms with van der Waals surface area (Å²) in [7, 11) is 0. The Hall–Kier alpha value is -1.88.